The van der Waals surface area contributed by atoms with Gasteiger partial charge in [-0.2, -0.15) is 0 Å². The van der Waals surface area contributed by atoms with Crippen molar-refractivity contribution in [2.45, 2.75) is 71.1 Å². The number of esters is 1. The van der Waals surface area contributed by atoms with Crippen molar-refractivity contribution in [2.75, 3.05) is 13.2 Å². The van der Waals surface area contributed by atoms with Crippen LogP contribution in [-0.4, -0.2) is 24.3 Å². The molecule has 0 amide bonds. The Hall–Kier alpha value is -0.830. The van der Waals surface area contributed by atoms with E-state index in [2.05, 4.69) is 19.1 Å². The summed E-state index contributed by atoms with van der Waals surface area (Å²) in [6, 6.07) is 0. The van der Waals surface area contributed by atoms with Gasteiger partial charge in [0.05, 0.1) is 6.61 Å². The summed E-state index contributed by atoms with van der Waals surface area (Å²) in [6.07, 6.45) is 14.5. The molecule has 3 nitrogen and oxygen atoms in total. The number of unbranched alkanes of at least 4 members (excludes halogenated alkanes) is 6. The molecule has 0 spiro atoms. The maximum absolute atomic E-state index is 11.3. The number of allylic oxidation sites excluding steroid dienone is 2. The first-order chi connectivity index (χ1) is 9.31. The van der Waals surface area contributed by atoms with Crippen LogP contribution in [0.1, 0.15) is 71.1 Å². The van der Waals surface area contributed by atoms with Gasteiger partial charge in [-0.15, -0.1) is 0 Å². The zero-order chi connectivity index (χ0) is 14.2. The lowest BCUT2D eigenvalue weighted by atomic mass is 10.1. The molecule has 0 aliphatic carbocycles. The van der Waals surface area contributed by atoms with Gasteiger partial charge in [0.2, 0.25) is 0 Å². The second-order valence-corrected chi connectivity index (χ2v) is 4.84. The SMILES string of the molecule is CC/C=C/CCCCCCCC(=O)OCCCCO. The van der Waals surface area contributed by atoms with E-state index in [4.69, 9.17) is 9.84 Å². The second-order valence-electron chi connectivity index (χ2n) is 4.84. The van der Waals surface area contributed by atoms with Crippen molar-refractivity contribution < 1.29 is 14.6 Å². The van der Waals surface area contributed by atoms with Crippen LogP contribution in [0.15, 0.2) is 12.2 Å². The number of rotatable bonds is 13. The quantitative estimate of drug-likeness (QED) is 0.312. The molecule has 0 heterocycles. The predicted molar refractivity (Wildman–Crippen MR) is 79.0 cm³/mol. The summed E-state index contributed by atoms with van der Waals surface area (Å²) < 4.78 is 5.06. The highest BCUT2D eigenvalue weighted by atomic mass is 16.5. The van der Waals surface area contributed by atoms with Gasteiger partial charge in [0, 0.05) is 13.0 Å². The van der Waals surface area contributed by atoms with E-state index in [-0.39, 0.29) is 12.6 Å². The number of hydrogen-bond acceptors (Lipinski definition) is 3. The van der Waals surface area contributed by atoms with E-state index in [0.29, 0.717) is 19.4 Å². The lowest BCUT2D eigenvalue weighted by Gasteiger charge is -2.04. The van der Waals surface area contributed by atoms with E-state index in [9.17, 15) is 4.79 Å². The largest absolute Gasteiger partial charge is 0.466 e. The summed E-state index contributed by atoms with van der Waals surface area (Å²) in [5.74, 6) is -0.0937. The molecule has 0 saturated heterocycles. The Kier molecular flexibility index (Phi) is 14.6. The number of hydrogen-bond donors (Lipinski definition) is 1. The molecule has 0 radical (unpaired) electrons. The topological polar surface area (TPSA) is 46.5 Å². The smallest absolute Gasteiger partial charge is 0.305 e. The van der Waals surface area contributed by atoms with Crippen LogP contribution in [-0.2, 0) is 9.53 Å². The Bertz CT molecular complexity index is 224. The van der Waals surface area contributed by atoms with Crippen LogP contribution < -0.4 is 0 Å². The van der Waals surface area contributed by atoms with E-state index >= 15 is 0 Å². The molecule has 0 fully saturated rings. The number of ether oxygens (including phenoxy) is 1. The first-order valence-corrected chi connectivity index (χ1v) is 7.72. The van der Waals surface area contributed by atoms with Gasteiger partial charge in [-0.3, -0.25) is 4.79 Å². The van der Waals surface area contributed by atoms with Gasteiger partial charge >= 0.3 is 5.97 Å². The van der Waals surface area contributed by atoms with Crippen molar-refractivity contribution in [2.24, 2.45) is 0 Å². The average molecular weight is 270 g/mol. The van der Waals surface area contributed by atoms with Gasteiger partial charge in [0.1, 0.15) is 0 Å². The lowest BCUT2D eigenvalue weighted by molar-refractivity contribution is -0.143. The molecule has 0 unspecified atom stereocenters. The van der Waals surface area contributed by atoms with Gasteiger partial charge in [-0.25, -0.2) is 0 Å². The van der Waals surface area contributed by atoms with Crippen molar-refractivity contribution >= 4 is 5.97 Å². The van der Waals surface area contributed by atoms with Crippen LogP contribution in [0.25, 0.3) is 0 Å². The van der Waals surface area contributed by atoms with Crippen LogP contribution in [0.5, 0.6) is 0 Å². The molecule has 0 saturated carbocycles. The zero-order valence-electron chi connectivity index (χ0n) is 12.4. The second kappa shape index (κ2) is 15.2. The van der Waals surface area contributed by atoms with Gasteiger partial charge in [-0.05, 0) is 38.5 Å². The Morgan fingerprint density at radius 2 is 1.74 bits per heavy atom. The van der Waals surface area contributed by atoms with Crippen LogP contribution >= 0.6 is 0 Å². The molecule has 19 heavy (non-hydrogen) atoms. The molecule has 0 aliphatic rings. The molecule has 0 aromatic carbocycles. The van der Waals surface area contributed by atoms with E-state index in [0.717, 1.165) is 25.7 Å². The molecule has 1 N–H and O–H groups in total. The van der Waals surface area contributed by atoms with E-state index in [1.807, 2.05) is 0 Å². The molecule has 112 valence electrons. The van der Waals surface area contributed by atoms with Gasteiger partial charge < -0.3 is 9.84 Å². The zero-order valence-corrected chi connectivity index (χ0v) is 12.4. The highest BCUT2D eigenvalue weighted by Gasteiger charge is 2.01. The molecular formula is C16H30O3. The Labute approximate surface area is 118 Å². The standard InChI is InChI=1S/C16H30O3/c1-2-3-4-5-6-7-8-9-10-13-16(18)19-15-12-11-14-17/h3-4,17H,2,5-15H2,1H3/b4-3+. The monoisotopic (exact) mass is 270 g/mol. The van der Waals surface area contributed by atoms with Gasteiger partial charge in [0.25, 0.3) is 0 Å². The first-order valence-electron chi connectivity index (χ1n) is 7.72. The molecule has 0 bridgehead atoms. The van der Waals surface area contributed by atoms with Crippen molar-refractivity contribution in [1.29, 1.82) is 0 Å². The molecule has 0 rings (SSSR count). The molecular weight excluding hydrogens is 240 g/mol. The number of aliphatic hydroxyl groups is 1. The number of carbonyl (C=O) groups excluding carboxylic acids is 1. The van der Waals surface area contributed by atoms with Crippen LogP contribution in [0.4, 0.5) is 0 Å². The van der Waals surface area contributed by atoms with Crippen LogP contribution in [0.2, 0.25) is 0 Å². The van der Waals surface area contributed by atoms with Crippen molar-refractivity contribution in [3.63, 3.8) is 0 Å². The molecule has 0 aliphatic heterocycles. The van der Waals surface area contributed by atoms with Gasteiger partial charge in [0.15, 0.2) is 0 Å². The Morgan fingerprint density at radius 3 is 2.47 bits per heavy atom. The lowest BCUT2D eigenvalue weighted by Crippen LogP contribution is -2.06. The maximum Gasteiger partial charge on any atom is 0.305 e. The maximum atomic E-state index is 11.3. The third kappa shape index (κ3) is 15.1. The minimum Gasteiger partial charge on any atom is -0.466 e. The third-order valence-corrected chi connectivity index (χ3v) is 2.97. The van der Waals surface area contributed by atoms with Crippen molar-refractivity contribution in [1.82, 2.24) is 0 Å². The fourth-order valence-electron chi connectivity index (χ4n) is 1.82. The van der Waals surface area contributed by atoms with E-state index in [1.54, 1.807) is 0 Å². The average Bonchev–Trinajstić information content (AvgIpc) is 2.42. The highest BCUT2D eigenvalue weighted by Crippen LogP contribution is 2.08. The van der Waals surface area contributed by atoms with Crippen LogP contribution in [0.3, 0.4) is 0 Å². The normalized spacial score (nSPS) is 11.1. The summed E-state index contributed by atoms with van der Waals surface area (Å²) >= 11 is 0. The molecule has 0 aromatic heterocycles. The van der Waals surface area contributed by atoms with Crippen LogP contribution in [0, 0.1) is 0 Å². The predicted octanol–water partition coefficient (Wildman–Crippen LogP) is 4.00. The fraction of sp³-hybridized carbons (Fsp3) is 0.812. The fourth-order valence-corrected chi connectivity index (χ4v) is 1.82. The summed E-state index contributed by atoms with van der Waals surface area (Å²) in [7, 11) is 0. The van der Waals surface area contributed by atoms with Gasteiger partial charge in [-0.1, -0.05) is 38.3 Å². The summed E-state index contributed by atoms with van der Waals surface area (Å²) in [4.78, 5) is 11.3. The first kappa shape index (κ1) is 18.2. The number of aliphatic hydroxyl groups excluding tert-OH is 1. The highest BCUT2D eigenvalue weighted by molar-refractivity contribution is 5.69. The Morgan fingerprint density at radius 1 is 1.00 bits per heavy atom. The summed E-state index contributed by atoms with van der Waals surface area (Å²) in [5, 5.41) is 8.58. The summed E-state index contributed by atoms with van der Waals surface area (Å²) in [5.41, 5.74) is 0. The van der Waals surface area contributed by atoms with Crippen molar-refractivity contribution in [3.8, 4) is 0 Å². The minimum atomic E-state index is -0.0937. The Balaban J connectivity index is 3.16. The molecule has 3 heteroatoms. The minimum absolute atomic E-state index is 0.0937. The number of carbonyl (C=O) groups is 1. The summed E-state index contributed by atoms with van der Waals surface area (Å²) in [6.45, 7) is 2.77. The van der Waals surface area contributed by atoms with E-state index < -0.39 is 0 Å². The molecule has 0 atom stereocenters. The van der Waals surface area contributed by atoms with E-state index in [1.165, 1.54) is 25.7 Å². The molecule has 0 aromatic rings. The third-order valence-electron chi connectivity index (χ3n) is 2.97. The van der Waals surface area contributed by atoms with Crippen molar-refractivity contribution in [3.05, 3.63) is 12.2 Å².